The van der Waals surface area contributed by atoms with Gasteiger partial charge < -0.3 is 14.8 Å². The molecule has 0 spiro atoms. The van der Waals surface area contributed by atoms with Gasteiger partial charge in [-0.25, -0.2) is 0 Å². The zero-order valence-electron chi connectivity index (χ0n) is 16.5. The standard InChI is InChI=1S/C11H15NO2/c1-8(12-2)5-9-3-4-10-11(6-9)14-7-13-10/h3-4,6,8,12H,5,7H2,1-2H3/i1D3,3D,4D,5D2,6D/hD. The molecule has 0 bridgehead atoms. The molecule has 1 aliphatic heterocycles. The quantitative estimate of drug-likeness (QED) is 0.807. The molecule has 1 atom stereocenters. The molecule has 0 radical (unpaired) electrons. The van der Waals surface area contributed by atoms with Gasteiger partial charge in [0, 0.05) is 12.9 Å². The Morgan fingerprint density at radius 3 is 3.36 bits per heavy atom. The minimum absolute atomic E-state index is 0.135. The van der Waals surface area contributed by atoms with Crippen molar-refractivity contribution in [2.45, 2.75) is 19.3 Å². The fourth-order valence-electron chi connectivity index (χ4n) is 1.00. The summed E-state index contributed by atoms with van der Waals surface area (Å²) < 4.78 is 80.2. The number of hydrogen-bond acceptors (Lipinski definition) is 3. The van der Waals surface area contributed by atoms with E-state index < -0.39 is 43.0 Å². The van der Waals surface area contributed by atoms with Crippen molar-refractivity contribution in [3.05, 3.63) is 23.7 Å². The Morgan fingerprint density at radius 2 is 2.57 bits per heavy atom. The molecule has 1 aliphatic rings. The summed E-state index contributed by atoms with van der Waals surface area (Å²) in [5.74, 6) is -0.328. The minimum atomic E-state index is -2.88. The van der Waals surface area contributed by atoms with Gasteiger partial charge in [0.25, 0.3) is 0 Å². The molecule has 0 saturated carbocycles. The van der Waals surface area contributed by atoms with Crippen LogP contribution in [0.3, 0.4) is 0 Å². The molecule has 0 aromatic heterocycles. The number of rotatable bonds is 3. The van der Waals surface area contributed by atoms with Crippen LogP contribution in [0.4, 0.5) is 0 Å². The number of ether oxygens (including phenoxy) is 2. The Balaban J connectivity index is 2.72. The second kappa shape index (κ2) is 3.88. The first kappa shape index (κ1) is 3.42. The number of nitrogens with one attached hydrogen (secondary N) is 1. The van der Waals surface area contributed by atoms with Crippen LogP contribution in [0.2, 0.25) is 1.41 Å². The van der Waals surface area contributed by atoms with Crippen LogP contribution >= 0.6 is 0 Å². The lowest BCUT2D eigenvalue weighted by molar-refractivity contribution is 0.174. The molecule has 2 rings (SSSR count). The van der Waals surface area contributed by atoms with Crippen LogP contribution < -0.4 is 14.8 Å². The van der Waals surface area contributed by atoms with E-state index in [2.05, 4.69) is 0 Å². The van der Waals surface area contributed by atoms with Crippen LogP contribution in [0.1, 0.15) is 23.4 Å². The van der Waals surface area contributed by atoms with Crippen molar-refractivity contribution in [2.24, 2.45) is 0 Å². The average molecular weight is 202 g/mol. The molecule has 1 aromatic carbocycles. The van der Waals surface area contributed by atoms with Crippen molar-refractivity contribution >= 4 is 0 Å². The monoisotopic (exact) mass is 202 g/mol. The van der Waals surface area contributed by atoms with Crippen LogP contribution in [0.25, 0.3) is 0 Å². The van der Waals surface area contributed by atoms with E-state index in [1.54, 1.807) is 0 Å². The molecule has 0 amide bonds. The third kappa shape index (κ3) is 1.82. The van der Waals surface area contributed by atoms with Gasteiger partial charge in [0.2, 0.25) is 6.79 Å². The normalized spacial score (nSPS) is 27.1. The summed E-state index contributed by atoms with van der Waals surface area (Å²) in [6, 6.07) is -3.60. The van der Waals surface area contributed by atoms with Gasteiger partial charge in [-0.15, -0.1) is 0 Å². The van der Waals surface area contributed by atoms with Crippen molar-refractivity contribution < 1.29 is 21.9 Å². The number of hydrogen-bond donors (Lipinski definition) is 1. The SMILES string of the molecule is [2H]c1c([2H])c(C([2H])([2H])C(N([2H])C)C([2H])([2H])[2H])c([2H])c2c1OCO2. The number of fused-ring (bicyclic) bond motifs is 1. The molecule has 1 N–H and O–H groups in total. The van der Waals surface area contributed by atoms with E-state index in [-0.39, 0.29) is 18.3 Å². The molecule has 76 valence electrons. The molecule has 14 heavy (non-hydrogen) atoms. The fraction of sp³-hybridized carbons (Fsp3) is 0.455. The molecule has 3 nitrogen and oxygen atoms in total. The number of benzene rings is 1. The third-order valence-electron chi connectivity index (χ3n) is 1.69. The van der Waals surface area contributed by atoms with Crippen LogP contribution in [-0.4, -0.2) is 19.9 Å². The van der Waals surface area contributed by atoms with Crippen LogP contribution in [0.15, 0.2) is 18.1 Å². The van der Waals surface area contributed by atoms with Gasteiger partial charge in [-0.2, -0.15) is 0 Å². The summed E-state index contributed by atoms with van der Waals surface area (Å²) in [7, 11) is 1.08. The van der Waals surface area contributed by atoms with Gasteiger partial charge in [-0.3, -0.25) is 0 Å². The van der Waals surface area contributed by atoms with Crippen molar-refractivity contribution in [3.63, 3.8) is 0 Å². The molecular formula is C11H15NO2. The van der Waals surface area contributed by atoms with E-state index in [4.69, 9.17) is 21.9 Å². The van der Waals surface area contributed by atoms with Gasteiger partial charge in [0.05, 0.1) is 4.11 Å². The maximum Gasteiger partial charge on any atom is 0.231 e. The maximum absolute atomic E-state index is 8.18. The first-order chi connectivity index (χ1) is 10.4. The zero-order chi connectivity index (χ0) is 17.7. The Kier molecular flexibility index (Phi) is 0.947. The van der Waals surface area contributed by atoms with Gasteiger partial charge in [0.1, 0.15) is 1.41 Å². The van der Waals surface area contributed by atoms with Gasteiger partial charge in [-0.05, 0) is 37.9 Å². The molecule has 1 aromatic rings. The molecule has 3 heteroatoms. The smallest absolute Gasteiger partial charge is 0.231 e. The highest BCUT2D eigenvalue weighted by atomic mass is 16.7. The van der Waals surface area contributed by atoms with E-state index >= 15 is 0 Å². The highest BCUT2D eigenvalue weighted by molar-refractivity contribution is 5.44. The van der Waals surface area contributed by atoms with Crippen molar-refractivity contribution in [3.8, 4) is 11.5 Å². The summed E-state index contributed by atoms with van der Waals surface area (Å²) in [6.45, 7) is -3.14. The molecular weight excluding hydrogens is 178 g/mol. The van der Waals surface area contributed by atoms with Crippen molar-refractivity contribution in [2.75, 3.05) is 13.8 Å². The van der Waals surface area contributed by atoms with Crippen LogP contribution in [0.5, 0.6) is 11.5 Å². The van der Waals surface area contributed by atoms with E-state index in [9.17, 15) is 0 Å². The largest absolute Gasteiger partial charge is 0.454 e. The lowest BCUT2D eigenvalue weighted by Gasteiger charge is -2.09. The Bertz CT molecular complexity index is 629. The van der Waals surface area contributed by atoms with E-state index in [0.29, 0.717) is 5.31 Å². The second-order valence-corrected chi connectivity index (χ2v) is 2.62. The summed E-state index contributed by atoms with van der Waals surface area (Å²) in [5.41, 5.74) is -0.605. The average Bonchev–Trinajstić information content (AvgIpc) is 2.82. The Labute approximate surface area is 96.7 Å². The minimum Gasteiger partial charge on any atom is -0.454 e. The Hall–Kier alpha value is -1.22. The fourth-order valence-corrected chi connectivity index (χ4v) is 1.00. The molecule has 0 fully saturated rings. The van der Waals surface area contributed by atoms with E-state index in [0.717, 1.165) is 7.05 Å². The van der Waals surface area contributed by atoms with Gasteiger partial charge in [0.15, 0.2) is 11.5 Å². The zero-order valence-corrected chi connectivity index (χ0v) is 7.55. The summed E-state index contributed by atoms with van der Waals surface area (Å²) in [6.07, 6.45) is -2.76. The van der Waals surface area contributed by atoms with E-state index in [1.165, 1.54) is 0 Å². The molecule has 1 unspecified atom stereocenters. The predicted molar refractivity (Wildman–Crippen MR) is 54.8 cm³/mol. The lowest BCUT2D eigenvalue weighted by Crippen LogP contribution is -2.23. The molecule has 0 saturated heterocycles. The summed E-state index contributed by atoms with van der Waals surface area (Å²) in [4.78, 5) is 0. The van der Waals surface area contributed by atoms with Gasteiger partial charge >= 0.3 is 0 Å². The molecule has 1 heterocycles. The second-order valence-electron chi connectivity index (χ2n) is 2.62. The molecule has 0 aliphatic carbocycles. The first-order valence-electron chi connectivity index (χ1n) is 8.47. The summed E-state index contributed by atoms with van der Waals surface area (Å²) >= 11 is 0. The first-order valence-corrected chi connectivity index (χ1v) is 4.02. The van der Waals surface area contributed by atoms with Crippen LogP contribution in [0, 0.1) is 0 Å². The highest BCUT2D eigenvalue weighted by Gasteiger charge is 2.13. The highest BCUT2D eigenvalue weighted by Crippen LogP contribution is 2.32. The third-order valence-corrected chi connectivity index (χ3v) is 1.69. The lowest BCUT2D eigenvalue weighted by atomic mass is 10.1. The van der Waals surface area contributed by atoms with E-state index in [1.807, 2.05) is 0 Å². The van der Waals surface area contributed by atoms with Gasteiger partial charge in [-0.1, -0.05) is 6.04 Å². The summed E-state index contributed by atoms with van der Waals surface area (Å²) in [5, 5.41) is 0.445. The van der Waals surface area contributed by atoms with Crippen LogP contribution in [-0.2, 0) is 6.37 Å². The number of likely N-dealkylation sites (N-methyl/N-ethyl adjacent to an activating group) is 1. The van der Waals surface area contributed by atoms with Crippen molar-refractivity contribution in [1.82, 2.24) is 5.31 Å². The van der Waals surface area contributed by atoms with Crippen molar-refractivity contribution in [1.29, 1.82) is 0 Å². The topological polar surface area (TPSA) is 30.5 Å². The maximum atomic E-state index is 8.18. The predicted octanol–water partition coefficient (Wildman–Crippen LogP) is 1.57. The Morgan fingerprint density at radius 1 is 1.71 bits per heavy atom.